The Morgan fingerprint density at radius 2 is 1.87 bits per heavy atom. The van der Waals surface area contributed by atoms with Crippen molar-refractivity contribution in [3.8, 4) is 0 Å². The first-order chi connectivity index (χ1) is 14.9. The first-order valence-corrected chi connectivity index (χ1v) is 11.7. The maximum absolute atomic E-state index is 12.3. The van der Waals surface area contributed by atoms with E-state index in [-0.39, 0.29) is 16.9 Å². The van der Waals surface area contributed by atoms with Crippen LogP contribution in [0, 0.1) is 0 Å². The summed E-state index contributed by atoms with van der Waals surface area (Å²) in [6.07, 6.45) is 1.46. The molecule has 1 fully saturated rings. The molecule has 31 heavy (non-hydrogen) atoms. The molecule has 1 aliphatic rings. The number of nitrogens with zero attached hydrogens (tertiary/aromatic N) is 2. The van der Waals surface area contributed by atoms with Gasteiger partial charge in [-0.3, -0.25) is 14.9 Å². The average Bonchev–Trinajstić information content (AvgIpc) is 2.74. The van der Waals surface area contributed by atoms with Gasteiger partial charge >= 0.3 is 0 Å². The van der Waals surface area contributed by atoms with E-state index in [0.717, 1.165) is 29.7 Å². The van der Waals surface area contributed by atoms with Crippen LogP contribution in [0.5, 0.6) is 0 Å². The van der Waals surface area contributed by atoms with Crippen molar-refractivity contribution in [2.75, 3.05) is 36.4 Å². The standard InChI is InChI=1S/C22H24BrClN4O2S/c1-2-4-20(29)28-11-9-27(10-12-28)19-8-7-17(14-18(19)24)25-22(31)26-21(30)15-5-3-6-16(23)13-15/h3,5-8,13-14H,2,4,9-12H2,1H3,(H2,25,26,30,31). The van der Waals surface area contributed by atoms with E-state index in [1.54, 1.807) is 24.3 Å². The third-order valence-electron chi connectivity index (χ3n) is 4.96. The van der Waals surface area contributed by atoms with Crippen LogP contribution in [0.1, 0.15) is 30.1 Å². The summed E-state index contributed by atoms with van der Waals surface area (Å²) in [7, 11) is 0. The normalized spacial score (nSPS) is 13.6. The Hall–Kier alpha value is -2.16. The predicted octanol–water partition coefficient (Wildman–Crippen LogP) is 4.68. The van der Waals surface area contributed by atoms with Gasteiger partial charge in [0.1, 0.15) is 0 Å². The summed E-state index contributed by atoms with van der Waals surface area (Å²) in [6, 6.07) is 12.6. The Bertz CT molecular complexity index is 980. The third-order valence-corrected chi connectivity index (χ3v) is 5.96. The second-order valence-electron chi connectivity index (χ2n) is 7.20. The molecule has 164 valence electrons. The highest BCUT2D eigenvalue weighted by Gasteiger charge is 2.22. The van der Waals surface area contributed by atoms with Crippen LogP contribution in [-0.4, -0.2) is 48.0 Å². The SMILES string of the molecule is CCCC(=O)N1CCN(c2ccc(NC(=S)NC(=O)c3cccc(Br)c3)cc2Cl)CC1. The summed E-state index contributed by atoms with van der Waals surface area (Å²) in [4.78, 5) is 28.5. The van der Waals surface area contributed by atoms with Gasteiger partial charge in [-0.15, -0.1) is 0 Å². The number of hydrogen-bond donors (Lipinski definition) is 2. The minimum Gasteiger partial charge on any atom is -0.367 e. The van der Waals surface area contributed by atoms with Crippen LogP contribution < -0.4 is 15.5 Å². The van der Waals surface area contributed by atoms with Crippen molar-refractivity contribution < 1.29 is 9.59 Å². The highest BCUT2D eigenvalue weighted by Crippen LogP contribution is 2.29. The summed E-state index contributed by atoms with van der Waals surface area (Å²) in [5.74, 6) is -0.0803. The highest BCUT2D eigenvalue weighted by atomic mass is 79.9. The molecule has 0 saturated carbocycles. The fraction of sp³-hybridized carbons (Fsp3) is 0.318. The Kier molecular flexibility index (Phi) is 8.28. The number of hydrogen-bond acceptors (Lipinski definition) is 4. The van der Waals surface area contributed by atoms with Crippen LogP contribution in [0.4, 0.5) is 11.4 Å². The van der Waals surface area contributed by atoms with Crippen LogP contribution >= 0.6 is 39.7 Å². The lowest BCUT2D eigenvalue weighted by Gasteiger charge is -2.36. The number of carbonyl (C=O) groups excluding carboxylic acids is 2. The van der Waals surface area contributed by atoms with Crippen LogP contribution in [-0.2, 0) is 4.79 Å². The van der Waals surface area contributed by atoms with Crippen LogP contribution in [0.2, 0.25) is 5.02 Å². The van der Waals surface area contributed by atoms with Gasteiger partial charge < -0.3 is 15.1 Å². The number of thiocarbonyl (C=S) groups is 1. The molecule has 0 spiro atoms. The van der Waals surface area contributed by atoms with Crippen molar-refractivity contribution in [2.24, 2.45) is 0 Å². The number of nitrogens with one attached hydrogen (secondary N) is 2. The van der Waals surface area contributed by atoms with Crippen molar-refractivity contribution in [3.63, 3.8) is 0 Å². The number of amides is 2. The lowest BCUT2D eigenvalue weighted by atomic mass is 10.2. The molecule has 9 heteroatoms. The van der Waals surface area contributed by atoms with Crippen molar-refractivity contribution in [3.05, 3.63) is 57.5 Å². The van der Waals surface area contributed by atoms with Gasteiger partial charge in [-0.05, 0) is 55.0 Å². The van der Waals surface area contributed by atoms with Crippen LogP contribution in [0.15, 0.2) is 46.9 Å². The minimum absolute atomic E-state index is 0.192. The van der Waals surface area contributed by atoms with E-state index in [9.17, 15) is 9.59 Å². The number of benzene rings is 2. The minimum atomic E-state index is -0.294. The lowest BCUT2D eigenvalue weighted by molar-refractivity contribution is -0.131. The first-order valence-electron chi connectivity index (χ1n) is 10.1. The molecule has 0 atom stereocenters. The Morgan fingerprint density at radius 1 is 1.13 bits per heavy atom. The molecule has 2 amide bonds. The summed E-state index contributed by atoms with van der Waals surface area (Å²) in [5, 5.41) is 6.44. The first kappa shape index (κ1) is 23.5. The van der Waals surface area contributed by atoms with E-state index < -0.39 is 0 Å². The van der Waals surface area contributed by atoms with E-state index in [1.165, 1.54) is 0 Å². The fourth-order valence-electron chi connectivity index (χ4n) is 3.38. The lowest BCUT2D eigenvalue weighted by Crippen LogP contribution is -2.48. The number of halogens is 2. The number of rotatable bonds is 5. The fourth-order valence-corrected chi connectivity index (χ4v) is 4.29. The van der Waals surface area contributed by atoms with Crippen LogP contribution in [0.3, 0.4) is 0 Å². The molecule has 0 bridgehead atoms. The molecule has 0 aromatic heterocycles. The summed E-state index contributed by atoms with van der Waals surface area (Å²) < 4.78 is 0.817. The number of piperazine rings is 1. The van der Waals surface area contributed by atoms with Crippen molar-refractivity contribution in [2.45, 2.75) is 19.8 Å². The predicted molar refractivity (Wildman–Crippen MR) is 133 cm³/mol. The molecule has 2 N–H and O–H groups in total. The molecule has 6 nitrogen and oxygen atoms in total. The van der Waals surface area contributed by atoms with Crippen LogP contribution in [0.25, 0.3) is 0 Å². The molecule has 1 saturated heterocycles. The van der Waals surface area contributed by atoms with Gasteiger partial charge in [-0.1, -0.05) is 40.5 Å². The Balaban J connectivity index is 1.56. The molecular weight excluding hydrogens is 500 g/mol. The van der Waals surface area contributed by atoms with E-state index in [4.69, 9.17) is 23.8 Å². The monoisotopic (exact) mass is 522 g/mol. The largest absolute Gasteiger partial charge is 0.367 e. The molecule has 3 rings (SSSR count). The zero-order valence-corrected chi connectivity index (χ0v) is 20.3. The molecule has 0 radical (unpaired) electrons. The van der Waals surface area contributed by atoms with E-state index >= 15 is 0 Å². The second-order valence-corrected chi connectivity index (χ2v) is 8.93. The molecule has 1 heterocycles. The number of carbonyl (C=O) groups is 2. The van der Waals surface area contributed by atoms with Gasteiger partial charge in [0.05, 0.1) is 10.7 Å². The Labute approximate surface area is 201 Å². The van der Waals surface area contributed by atoms with Crippen molar-refractivity contribution >= 4 is 68.1 Å². The third kappa shape index (κ3) is 6.41. The van der Waals surface area contributed by atoms with Crippen molar-refractivity contribution in [1.29, 1.82) is 0 Å². The summed E-state index contributed by atoms with van der Waals surface area (Å²) in [6.45, 7) is 4.88. The van der Waals surface area contributed by atoms with Gasteiger partial charge in [0.2, 0.25) is 5.91 Å². The zero-order valence-electron chi connectivity index (χ0n) is 17.2. The maximum atomic E-state index is 12.3. The van der Waals surface area contributed by atoms with E-state index in [2.05, 4.69) is 31.5 Å². The second kappa shape index (κ2) is 10.9. The smallest absolute Gasteiger partial charge is 0.257 e. The molecular formula is C22H24BrClN4O2S. The zero-order chi connectivity index (χ0) is 22.4. The van der Waals surface area contributed by atoms with Crippen molar-refractivity contribution in [1.82, 2.24) is 10.2 Å². The van der Waals surface area contributed by atoms with E-state index in [0.29, 0.717) is 35.8 Å². The molecule has 2 aromatic rings. The molecule has 1 aliphatic heterocycles. The topological polar surface area (TPSA) is 64.7 Å². The summed E-state index contributed by atoms with van der Waals surface area (Å²) >= 11 is 15.1. The van der Waals surface area contributed by atoms with Gasteiger partial charge in [-0.2, -0.15) is 0 Å². The maximum Gasteiger partial charge on any atom is 0.257 e. The van der Waals surface area contributed by atoms with Gasteiger partial charge in [0.25, 0.3) is 5.91 Å². The summed E-state index contributed by atoms with van der Waals surface area (Å²) in [5.41, 5.74) is 2.10. The van der Waals surface area contributed by atoms with Gasteiger partial charge in [-0.25, -0.2) is 0 Å². The highest BCUT2D eigenvalue weighted by molar-refractivity contribution is 9.10. The Morgan fingerprint density at radius 3 is 2.52 bits per heavy atom. The van der Waals surface area contributed by atoms with E-state index in [1.807, 2.05) is 30.0 Å². The quantitative estimate of drug-likeness (QED) is 0.557. The average molecular weight is 524 g/mol. The number of anilines is 2. The van der Waals surface area contributed by atoms with Gasteiger partial charge in [0.15, 0.2) is 5.11 Å². The molecule has 2 aromatic carbocycles. The molecule has 0 aliphatic carbocycles. The van der Waals surface area contributed by atoms with Gasteiger partial charge in [0, 0.05) is 48.3 Å². The molecule has 0 unspecified atom stereocenters.